The summed E-state index contributed by atoms with van der Waals surface area (Å²) in [6.07, 6.45) is 1.80. The minimum absolute atomic E-state index is 0.847. The van der Waals surface area contributed by atoms with Gasteiger partial charge in [0.1, 0.15) is 5.76 Å². The Balaban J connectivity index is 1.89. The van der Waals surface area contributed by atoms with Crippen LogP contribution in [0.3, 0.4) is 0 Å². The second-order valence-electron chi connectivity index (χ2n) is 3.48. The molecular formula is C10H15NO2. The third-order valence-corrected chi connectivity index (χ3v) is 2.27. The van der Waals surface area contributed by atoms with Crippen LogP contribution in [0, 0.1) is 6.92 Å². The van der Waals surface area contributed by atoms with Crippen molar-refractivity contribution in [1.29, 1.82) is 0 Å². The summed E-state index contributed by atoms with van der Waals surface area (Å²) in [6.45, 7) is 6.68. The van der Waals surface area contributed by atoms with Crippen LogP contribution >= 0.6 is 0 Å². The summed E-state index contributed by atoms with van der Waals surface area (Å²) < 4.78 is 10.7. The van der Waals surface area contributed by atoms with Gasteiger partial charge in [0.2, 0.25) is 0 Å². The zero-order valence-electron chi connectivity index (χ0n) is 7.95. The van der Waals surface area contributed by atoms with Crippen LogP contribution in [0.25, 0.3) is 0 Å². The fraction of sp³-hybridized carbons (Fsp3) is 0.600. The van der Waals surface area contributed by atoms with Crippen LogP contribution in [0.15, 0.2) is 16.7 Å². The molecule has 0 bridgehead atoms. The minimum atomic E-state index is 0.847. The normalized spacial score (nSPS) is 19.2. The van der Waals surface area contributed by atoms with Crippen LogP contribution in [-0.2, 0) is 11.3 Å². The maximum atomic E-state index is 5.38. The van der Waals surface area contributed by atoms with E-state index in [1.54, 1.807) is 6.26 Å². The summed E-state index contributed by atoms with van der Waals surface area (Å²) in [7, 11) is 0. The Hall–Kier alpha value is -0.800. The van der Waals surface area contributed by atoms with Gasteiger partial charge in [-0.3, -0.25) is 4.90 Å². The molecule has 0 aromatic carbocycles. The van der Waals surface area contributed by atoms with Gasteiger partial charge in [-0.15, -0.1) is 0 Å². The van der Waals surface area contributed by atoms with E-state index < -0.39 is 0 Å². The molecule has 13 heavy (non-hydrogen) atoms. The zero-order chi connectivity index (χ0) is 9.10. The molecule has 1 aliphatic rings. The standard InChI is InChI=1S/C10H15NO2/c1-9-6-10(13-8-9)7-11-2-4-12-5-3-11/h6,8H,2-5,7H2,1H3. The van der Waals surface area contributed by atoms with Crippen molar-refractivity contribution in [2.45, 2.75) is 13.5 Å². The van der Waals surface area contributed by atoms with E-state index in [0.717, 1.165) is 38.6 Å². The molecule has 0 N–H and O–H groups in total. The average molecular weight is 181 g/mol. The van der Waals surface area contributed by atoms with Crippen LogP contribution in [0.1, 0.15) is 11.3 Å². The van der Waals surface area contributed by atoms with Gasteiger partial charge in [-0.25, -0.2) is 0 Å². The Morgan fingerprint density at radius 2 is 2.15 bits per heavy atom. The van der Waals surface area contributed by atoms with E-state index in [9.17, 15) is 0 Å². The summed E-state index contributed by atoms with van der Waals surface area (Å²) in [6, 6.07) is 2.09. The van der Waals surface area contributed by atoms with Gasteiger partial charge in [0.05, 0.1) is 26.0 Å². The molecule has 1 aromatic rings. The molecular weight excluding hydrogens is 166 g/mol. The van der Waals surface area contributed by atoms with Gasteiger partial charge in [-0.1, -0.05) is 0 Å². The molecule has 0 aliphatic carbocycles. The number of hydrogen-bond acceptors (Lipinski definition) is 3. The van der Waals surface area contributed by atoms with Crippen LogP contribution in [0.4, 0.5) is 0 Å². The third-order valence-electron chi connectivity index (χ3n) is 2.27. The lowest BCUT2D eigenvalue weighted by Crippen LogP contribution is -2.35. The predicted molar refractivity (Wildman–Crippen MR) is 49.5 cm³/mol. The van der Waals surface area contributed by atoms with Crippen LogP contribution in [-0.4, -0.2) is 31.2 Å². The summed E-state index contributed by atoms with van der Waals surface area (Å²) in [4.78, 5) is 2.35. The van der Waals surface area contributed by atoms with Gasteiger partial charge in [0, 0.05) is 13.1 Å². The van der Waals surface area contributed by atoms with Crippen molar-refractivity contribution in [3.05, 3.63) is 23.7 Å². The number of morpholine rings is 1. The van der Waals surface area contributed by atoms with Crippen LogP contribution < -0.4 is 0 Å². The first-order chi connectivity index (χ1) is 6.34. The first kappa shape index (κ1) is 8.78. The lowest BCUT2D eigenvalue weighted by atomic mass is 10.3. The van der Waals surface area contributed by atoms with Crippen molar-refractivity contribution in [3.8, 4) is 0 Å². The highest BCUT2D eigenvalue weighted by Crippen LogP contribution is 2.10. The quantitative estimate of drug-likeness (QED) is 0.690. The number of ether oxygens (including phenoxy) is 1. The van der Waals surface area contributed by atoms with Crippen LogP contribution in [0.5, 0.6) is 0 Å². The Kier molecular flexibility index (Phi) is 2.66. The predicted octanol–water partition coefficient (Wildman–Crippen LogP) is 1.42. The summed E-state index contributed by atoms with van der Waals surface area (Å²) in [5.74, 6) is 1.06. The highest BCUT2D eigenvalue weighted by molar-refractivity contribution is 5.10. The van der Waals surface area contributed by atoms with Crippen molar-refractivity contribution in [2.75, 3.05) is 26.3 Å². The van der Waals surface area contributed by atoms with Gasteiger partial charge < -0.3 is 9.15 Å². The van der Waals surface area contributed by atoms with E-state index >= 15 is 0 Å². The lowest BCUT2D eigenvalue weighted by molar-refractivity contribution is 0.0313. The Labute approximate surface area is 78.3 Å². The van der Waals surface area contributed by atoms with Gasteiger partial charge >= 0.3 is 0 Å². The number of nitrogens with zero attached hydrogens (tertiary/aromatic N) is 1. The lowest BCUT2D eigenvalue weighted by Gasteiger charge is -2.25. The van der Waals surface area contributed by atoms with E-state index in [1.165, 1.54) is 5.56 Å². The Bertz CT molecular complexity index is 264. The van der Waals surface area contributed by atoms with Gasteiger partial charge in [-0.05, 0) is 18.6 Å². The number of furan rings is 1. The summed E-state index contributed by atoms with van der Waals surface area (Å²) in [5.41, 5.74) is 1.20. The second-order valence-corrected chi connectivity index (χ2v) is 3.48. The molecule has 3 nitrogen and oxygen atoms in total. The Morgan fingerprint density at radius 1 is 1.38 bits per heavy atom. The molecule has 3 heteroatoms. The highest BCUT2D eigenvalue weighted by Gasteiger charge is 2.11. The van der Waals surface area contributed by atoms with E-state index in [4.69, 9.17) is 9.15 Å². The number of hydrogen-bond donors (Lipinski definition) is 0. The van der Waals surface area contributed by atoms with E-state index in [-0.39, 0.29) is 0 Å². The Morgan fingerprint density at radius 3 is 2.77 bits per heavy atom. The molecule has 1 aliphatic heterocycles. The van der Waals surface area contributed by atoms with Crippen molar-refractivity contribution in [3.63, 3.8) is 0 Å². The minimum Gasteiger partial charge on any atom is -0.468 e. The van der Waals surface area contributed by atoms with Crippen molar-refractivity contribution in [2.24, 2.45) is 0 Å². The van der Waals surface area contributed by atoms with E-state index in [1.807, 2.05) is 6.92 Å². The van der Waals surface area contributed by atoms with Crippen LogP contribution in [0.2, 0.25) is 0 Å². The summed E-state index contributed by atoms with van der Waals surface area (Å²) in [5, 5.41) is 0. The van der Waals surface area contributed by atoms with Crippen molar-refractivity contribution < 1.29 is 9.15 Å². The van der Waals surface area contributed by atoms with Crippen molar-refractivity contribution >= 4 is 0 Å². The second kappa shape index (κ2) is 3.94. The SMILES string of the molecule is Cc1coc(CN2CCOCC2)c1. The topological polar surface area (TPSA) is 25.6 Å². The zero-order valence-corrected chi connectivity index (χ0v) is 7.95. The molecule has 1 saturated heterocycles. The number of aryl methyl sites for hydroxylation is 1. The molecule has 2 rings (SSSR count). The smallest absolute Gasteiger partial charge is 0.118 e. The maximum absolute atomic E-state index is 5.38. The molecule has 0 saturated carbocycles. The first-order valence-electron chi connectivity index (χ1n) is 4.69. The van der Waals surface area contributed by atoms with Gasteiger partial charge in [-0.2, -0.15) is 0 Å². The molecule has 0 spiro atoms. The molecule has 0 radical (unpaired) electrons. The molecule has 72 valence electrons. The van der Waals surface area contributed by atoms with E-state index in [2.05, 4.69) is 11.0 Å². The molecule has 2 heterocycles. The van der Waals surface area contributed by atoms with Crippen molar-refractivity contribution in [1.82, 2.24) is 4.90 Å². The fourth-order valence-corrected chi connectivity index (χ4v) is 1.55. The average Bonchev–Trinajstić information content (AvgIpc) is 2.53. The molecule has 0 unspecified atom stereocenters. The maximum Gasteiger partial charge on any atom is 0.118 e. The highest BCUT2D eigenvalue weighted by atomic mass is 16.5. The van der Waals surface area contributed by atoms with Gasteiger partial charge in [0.15, 0.2) is 0 Å². The summed E-state index contributed by atoms with van der Waals surface area (Å²) >= 11 is 0. The molecule has 1 aromatic heterocycles. The third kappa shape index (κ3) is 2.32. The molecule has 1 fully saturated rings. The molecule has 0 atom stereocenters. The largest absolute Gasteiger partial charge is 0.468 e. The molecule has 0 amide bonds. The van der Waals surface area contributed by atoms with Gasteiger partial charge in [0.25, 0.3) is 0 Å². The fourth-order valence-electron chi connectivity index (χ4n) is 1.55. The van der Waals surface area contributed by atoms with E-state index in [0.29, 0.717) is 0 Å². The monoisotopic (exact) mass is 181 g/mol. The number of rotatable bonds is 2. The first-order valence-corrected chi connectivity index (χ1v) is 4.69.